The van der Waals surface area contributed by atoms with Gasteiger partial charge in [-0.3, -0.25) is 0 Å². The summed E-state index contributed by atoms with van der Waals surface area (Å²) in [6, 6.07) is 5.51. The number of hydrogen-bond acceptors (Lipinski definition) is 7. The third kappa shape index (κ3) is 4.58. The summed E-state index contributed by atoms with van der Waals surface area (Å²) in [5.41, 5.74) is 19.9. The Morgan fingerprint density at radius 2 is 2.12 bits per heavy atom. The number of methoxy groups -OCH3 is 1. The van der Waals surface area contributed by atoms with Gasteiger partial charge in [0.1, 0.15) is 17.1 Å². The number of carbonyl (C=O) groups is 1. The van der Waals surface area contributed by atoms with Crippen LogP contribution in [0.4, 0.5) is 0 Å². The maximum absolute atomic E-state index is 11.7. The van der Waals surface area contributed by atoms with E-state index in [0.29, 0.717) is 31.0 Å². The zero-order valence-corrected chi connectivity index (χ0v) is 15.0. The lowest BCUT2D eigenvalue weighted by molar-refractivity contribution is -0.0172. The molecule has 1 aromatic carbocycles. The predicted molar refractivity (Wildman–Crippen MR) is 96.3 cm³/mol. The molecule has 1 aliphatic heterocycles. The van der Waals surface area contributed by atoms with Crippen molar-refractivity contribution in [3.05, 3.63) is 57.6 Å². The van der Waals surface area contributed by atoms with Crippen molar-refractivity contribution < 1.29 is 14.3 Å². The highest BCUT2D eigenvalue weighted by Gasteiger charge is 2.25. The van der Waals surface area contributed by atoms with Crippen molar-refractivity contribution in [2.45, 2.75) is 13.0 Å². The molecular formula is C17H23ClN4O3. The van der Waals surface area contributed by atoms with Crippen molar-refractivity contribution in [2.75, 3.05) is 26.8 Å². The van der Waals surface area contributed by atoms with Gasteiger partial charge in [-0.05, 0) is 30.2 Å². The Morgan fingerprint density at radius 3 is 2.68 bits per heavy atom. The third-order valence-electron chi connectivity index (χ3n) is 4.01. The van der Waals surface area contributed by atoms with Gasteiger partial charge in [-0.15, -0.1) is 0 Å². The van der Waals surface area contributed by atoms with E-state index in [-0.39, 0.29) is 23.1 Å². The fourth-order valence-corrected chi connectivity index (χ4v) is 2.89. The first-order valence-electron chi connectivity index (χ1n) is 7.76. The van der Waals surface area contributed by atoms with Crippen LogP contribution in [0.1, 0.15) is 27.6 Å². The van der Waals surface area contributed by atoms with Gasteiger partial charge in [-0.1, -0.05) is 23.7 Å². The second-order valence-electron chi connectivity index (χ2n) is 5.74. The molecule has 8 heteroatoms. The van der Waals surface area contributed by atoms with Crippen molar-refractivity contribution in [3.8, 4) is 0 Å². The van der Waals surface area contributed by atoms with Crippen molar-refractivity contribution in [1.29, 1.82) is 0 Å². The smallest absolute Gasteiger partial charge is 0.338 e. The first-order valence-corrected chi connectivity index (χ1v) is 8.14. The van der Waals surface area contributed by atoms with E-state index >= 15 is 0 Å². The van der Waals surface area contributed by atoms with Crippen molar-refractivity contribution in [2.24, 2.45) is 17.2 Å². The van der Waals surface area contributed by atoms with Gasteiger partial charge in [-0.2, -0.15) is 0 Å². The molecule has 0 radical (unpaired) electrons. The molecule has 6 N–H and O–H groups in total. The summed E-state index contributed by atoms with van der Waals surface area (Å²) in [6.45, 7) is 3.50. The Kier molecular flexibility index (Phi) is 6.17. The van der Waals surface area contributed by atoms with Gasteiger partial charge < -0.3 is 31.6 Å². The van der Waals surface area contributed by atoms with Crippen molar-refractivity contribution in [1.82, 2.24) is 4.90 Å². The first kappa shape index (κ1) is 19.0. The lowest BCUT2D eigenvalue weighted by atomic mass is 10.0. The molecule has 1 unspecified atom stereocenters. The van der Waals surface area contributed by atoms with Crippen LogP contribution in [0.15, 0.2) is 40.9 Å². The summed E-state index contributed by atoms with van der Waals surface area (Å²) in [6.07, 6.45) is 1.34. The number of morpholine rings is 1. The number of esters is 1. The standard InChI is InChI=1S/C17H23ClN4O3/c1-10-7-11(3-4-12(10)17(23)24-2)14-9-22(5-6-25-14)13(16(20)21)8-15(18)19/h3-4,7-8,14H,5-6,9,19-21H2,1-2H3/b15-8-. The fourth-order valence-electron chi connectivity index (χ4n) is 2.78. The van der Waals surface area contributed by atoms with Crippen LogP contribution in [0.25, 0.3) is 0 Å². The molecule has 0 bridgehead atoms. The van der Waals surface area contributed by atoms with Gasteiger partial charge in [0.2, 0.25) is 0 Å². The summed E-state index contributed by atoms with van der Waals surface area (Å²) in [5, 5.41) is 0.102. The van der Waals surface area contributed by atoms with Crippen LogP contribution in [0.2, 0.25) is 0 Å². The largest absolute Gasteiger partial charge is 0.465 e. The quantitative estimate of drug-likeness (QED) is 0.417. The number of carbonyl (C=O) groups excluding carboxylic acids is 1. The van der Waals surface area contributed by atoms with Crippen LogP contribution < -0.4 is 17.2 Å². The number of benzene rings is 1. The minimum absolute atomic E-state index is 0.102. The first-order chi connectivity index (χ1) is 11.8. The zero-order chi connectivity index (χ0) is 18.6. The molecule has 0 spiro atoms. The van der Waals surface area contributed by atoms with Gasteiger partial charge >= 0.3 is 5.97 Å². The zero-order valence-electron chi connectivity index (χ0n) is 14.3. The van der Waals surface area contributed by atoms with E-state index in [0.717, 1.165) is 11.1 Å². The summed E-state index contributed by atoms with van der Waals surface area (Å²) < 4.78 is 10.6. The molecule has 2 rings (SSSR count). The highest BCUT2D eigenvalue weighted by Crippen LogP contribution is 2.27. The highest BCUT2D eigenvalue weighted by molar-refractivity contribution is 6.29. The van der Waals surface area contributed by atoms with Gasteiger partial charge in [0.15, 0.2) is 0 Å². The molecule has 1 aliphatic rings. The molecule has 1 atom stereocenters. The number of nitrogens with two attached hydrogens (primary N) is 3. The molecule has 136 valence electrons. The van der Waals surface area contributed by atoms with E-state index < -0.39 is 0 Å². The average molecular weight is 367 g/mol. The lowest BCUT2D eigenvalue weighted by Gasteiger charge is -2.35. The molecule has 1 aromatic rings. The number of aryl methyl sites for hydroxylation is 1. The SMILES string of the molecule is COC(=O)c1ccc(C2CN(C(/C=C(\N)Cl)=C(N)N)CCO2)cc1C. The van der Waals surface area contributed by atoms with Crippen LogP contribution in [-0.4, -0.2) is 37.7 Å². The van der Waals surface area contributed by atoms with Gasteiger partial charge in [0.25, 0.3) is 0 Å². The monoisotopic (exact) mass is 366 g/mol. The van der Waals surface area contributed by atoms with E-state index in [4.69, 9.17) is 38.3 Å². The van der Waals surface area contributed by atoms with E-state index in [1.54, 1.807) is 6.07 Å². The average Bonchev–Trinajstić information content (AvgIpc) is 2.58. The number of hydrogen-bond donors (Lipinski definition) is 3. The Hall–Kier alpha value is -2.38. The molecule has 1 heterocycles. The summed E-state index contributed by atoms with van der Waals surface area (Å²) >= 11 is 5.76. The highest BCUT2D eigenvalue weighted by atomic mass is 35.5. The summed E-state index contributed by atoms with van der Waals surface area (Å²) in [4.78, 5) is 13.7. The molecule has 7 nitrogen and oxygen atoms in total. The van der Waals surface area contributed by atoms with E-state index in [9.17, 15) is 4.79 Å². The molecule has 0 saturated carbocycles. The molecule has 0 aromatic heterocycles. The summed E-state index contributed by atoms with van der Waals surface area (Å²) in [7, 11) is 1.36. The number of nitrogens with zero attached hydrogens (tertiary/aromatic N) is 1. The minimum atomic E-state index is -0.362. The molecule has 0 aliphatic carbocycles. The van der Waals surface area contributed by atoms with Gasteiger partial charge in [0.05, 0.1) is 25.0 Å². The van der Waals surface area contributed by atoms with E-state index in [1.165, 1.54) is 13.2 Å². The Balaban J connectivity index is 2.24. The summed E-state index contributed by atoms with van der Waals surface area (Å²) in [5.74, 6) is -0.222. The molecule has 25 heavy (non-hydrogen) atoms. The maximum Gasteiger partial charge on any atom is 0.338 e. The van der Waals surface area contributed by atoms with Crippen LogP contribution in [-0.2, 0) is 9.47 Å². The van der Waals surface area contributed by atoms with Crippen molar-refractivity contribution in [3.63, 3.8) is 0 Å². The normalized spacial score (nSPS) is 18.0. The topological polar surface area (TPSA) is 117 Å². The van der Waals surface area contributed by atoms with Crippen LogP contribution in [0.5, 0.6) is 0 Å². The molecule has 0 amide bonds. The number of halogens is 1. The van der Waals surface area contributed by atoms with Crippen LogP contribution >= 0.6 is 11.6 Å². The molecular weight excluding hydrogens is 344 g/mol. The van der Waals surface area contributed by atoms with Gasteiger partial charge in [0, 0.05) is 13.1 Å². The Labute approximate surface area is 152 Å². The van der Waals surface area contributed by atoms with E-state index in [2.05, 4.69) is 0 Å². The number of rotatable bonds is 4. The van der Waals surface area contributed by atoms with Crippen LogP contribution in [0.3, 0.4) is 0 Å². The molecule has 1 saturated heterocycles. The van der Waals surface area contributed by atoms with E-state index in [1.807, 2.05) is 24.0 Å². The fraction of sp³-hybridized carbons (Fsp3) is 0.353. The van der Waals surface area contributed by atoms with Crippen LogP contribution in [0, 0.1) is 6.92 Å². The van der Waals surface area contributed by atoms with Crippen molar-refractivity contribution >= 4 is 17.6 Å². The third-order valence-corrected chi connectivity index (χ3v) is 4.11. The Morgan fingerprint density at radius 1 is 1.40 bits per heavy atom. The second-order valence-corrected chi connectivity index (χ2v) is 6.18. The predicted octanol–water partition coefficient (Wildman–Crippen LogP) is 1.28. The lowest BCUT2D eigenvalue weighted by Crippen LogP contribution is -2.39. The van der Waals surface area contributed by atoms with Gasteiger partial charge in [-0.25, -0.2) is 4.79 Å². The Bertz CT molecular complexity index is 710. The maximum atomic E-state index is 11.7. The minimum Gasteiger partial charge on any atom is -0.465 e. The number of allylic oxidation sites excluding steroid dienone is 1. The molecule has 1 fully saturated rings. The number of ether oxygens (including phenoxy) is 2. The second kappa shape index (κ2) is 8.13.